The lowest BCUT2D eigenvalue weighted by atomic mass is 10.0. The molecule has 37 heavy (non-hydrogen) atoms. The topological polar surface area (TPSA) is 93.1 Å². The number of hydrazone groups is 1. The normalized spacial score (nSPS) is 15.4. The van der Waals surface area contributed by atoms with Gasteiger partial charge in [-0.15, -0.1) is 0 Å². The van der Waals surface area contributed by atoms with Crippen molar-refractivity contribution < 1.29 is 27.8 Å². The van der Waals surface area contributed by atoms with Gasteiger partial charge in [-0.1, -0.05) is 30.8 Å². The third kappa shape index (κ3) is 6.42. The molecular formula is C26H24F2N4O4S. The predicted molar refractivity (Wildman–Crippen MR) is 137 cm³/mol. The first kappa shape index (κ1) is 26.1. The smallest absolute Gasteiger partial charge is 0.387 e. The Hall–Kier alpha value is -3.99. The number of benzene rings is 2. The highest BCUT2D eigenvalue weighted by Gasteiger charge is 2.30. The van der Waals surface area contributed by atoms with Crippen molar-refractivity contribution in [3.63, 3.8) is 0 Å². The molecule has 192 valence electrons. The van der Waals surface area contributed by atoms with Crippen LogP contribution < -0.4 is 14.8 Å². The number of ether oxygens (including phenoxy) is 2. The second kappa shape index (κ2) is 11.8. The summed E-state index contributed by atoms with van der Waals surface area (Å²) >= 11 is 1.16. The molecule has 2 aromatic carbocycles. The van der Waals surface area contributed by atoms with E-state index in [-0.39, 0.29) is 34.4 Å². The number of pyridine rings is 1. The molecule has 1 aromatic heterocycles. The van der Waals surface area contributed by atoms with Crippen molar-refractivity contribution in [3.8, 4) is 11.5 Å². The van der Waals surface area contributed by atoms with Crippen LogP contribution in [-0.2, 0) is 6.54 Å². The lowest BCUT2D eigenvalue weighted by molar-refractivity contribution is -0.0512. The average molecular weight is 527 g/mol. The van der Waals surface area contributed by atoms with Gasteiger partial charge in [0.1, 0.15) is 0 Å². The van der Waals surface area contributed by atoms with Gasteiger partial charge in [0.25, 0.3) is 5.91 Å². The number of halogens is 2. The first-order valence-electron chi connectivity index (χ1n) is 11.4. The van der Waals surface area contributed by atoms with E-state index in [0.29, 0.717) is 28.9 Å². The molecule has 0 radical (unpaired) electrons. The van der Waals surface area contributed by atoms with Crippen LogP contribution >= 0.6 is 11.8 Å². The third-order valence-corrected chi connectivity index (χ3v) is 6.77. The molecule has 0 bridgehead atoms. The summed E-state index contributed by atoms with van der Waals surface area (Å²) in [5.41, 5.74) is 3.19. The number of anilines is 1. The number of rotatable bonds is 9. The quantitative estimate of drug-likeness (QED) is 0.379. The fourth-order valence-electron chi connectivity index (χ4n) is 3.69. The molecule has 2 heterocycles. The molecule has 0 saturated heterocycles. The zero-order valence-corrected chi connectivity index (χ0v) is 20.9. The molecule has 8 nitrogen and oxygen atoms in total. The SMILES string of the molecule is CCC1SC(=O)N(Cc2ccc(NC(=O)c3ccncc3)cc2)N=C1c1ccc(OC(F)F)c(OC)c1. The molecule has 2 amide bonds. The van der Waals surface area contributed by atoms with Crippen LogP contribution in [-0.4, -0.2) is 45.8 Å². The van der Waals surface area contributed by atoms with E-state index in [2.05, 4.69) is 20.1 Å². The minimum absolute atomic E-state index is 0.0811. The standard InChI is InChI=1S/C26H24F2N4O4S/c1-3-22-23(18-6-9-20(36-25(27)28)21(14-18)35-2)31-32(26(34)37-22)15-16-4-7-19(8-5-16)30-24(33)17-10-12-29-13-11-17/h4-14,22,25H,3,15H2,1-2H3,(H,30,33). The number of aromatic nitrogens is 1. The van der Waals surface area contributed by atoms with E-state index in [9.17, 15) is 18.4 Å². The van der Waals surface area contributed by atoms with E-state index in [1.54, 1.807) is 60.9 Å². The number of carbonyl (C=O) groups is 2. The molecule has 1 N–H and O–H groups in total. The minimum Gasteiger partial charge on any atom is -0.493 e. The highest BCUT2D eigenvalue weighted by Crippen LogP contribution is 2.34. The molecule has 4 rings (SSSR count). The Morgan fingerprint density at radius 2 is 1.84 bits per heavy atom. The minimum atomic E-state index is -2.98. The summed E-state index contributed by atoms with van der Waals surface area (Å²) in [6, 6.07) is 15.0. The molecule has 0 fully saturated rings. The van der Waals surface area contributed by atoms with Crippen LogP contribution in [0.15, 0.2) is 72.1 Å². The van der Waals surface area contributed by atoms with Gasteiger partial charge < -0.3 is 14.8 Å². The van der Waals surface area contributed by atoms with Crippen molar-refractivity contribution >= 4 is 34.3 Å². The number of nitrogens with zero attached hydrogens (tertiary/aromatic N) is 3. The van der Waals surface area contributed by atoms with E-state index >= 15 is 0 Å². The van der Waals surface area contributed by atoms with Gasteiger partial charge in [-0.2, -0.15) is 13.9 Å². The van der Waals surface area contributed by atoms with Crippen LogP contribution in [0.5, 0.6) is 11.5 Å². The zero-order chi connectivity index (χ0) is 26.4. The summed E-state index contributed by atoms with van der Waals surface area (Å²) in [5, 5.41) is 8.40. The fourth-order valence-corrected chi connectivity index (χ4v) is 4.62. The summed E-state index contributed by atoms with van der Waals surface area (Å²) in [4.78, 5) is 29.0. The van der Waals surface area contributed by atoms with Crippen LogP contribution in [0.1, 0.15) is 34.8 Å². The van der Waals surface area contributed by atoms with Gasteiger partial charge in [0.2, 0.25) is 0 Å². The van der Waals surface area contributed by atoms with Gasteiger partial charge in [0, 0.05) is 29.2 Å². The Balaban J connectivity index is 1.52. The number of methoxy groups -OCH3 is 1. The van der Waals surface area contributed by atoms with Crippen molar-refractivity contribution in [2.24, 2.45) is 5.10 Å². The average Bonchev–Trinajstić information content (AvgIpc) is 2.91. The lowest BCUT2D eigenvalue weighted by Crippen LogP contribution is -2.34. The molecular weight excluding hydrogens is 502 g/mol. The van der Waals surface area contributed by atoms with E-state index in [1.807, 2.05) is 6.92 Å². The molecule has 1 aliphatic heterocycles. The largest absolute Gasteiger partial charge is 0.493 e. The summed E-state index contributed by atoms with van der Waals surface area (Å²) < 4.78 is 35.1. The van der Waals surface area contributed by atoms with E-state index < -0.39 is 6.61 Å². The Labute approximate surface area is 216 Å². The first-order chi connectivity index (χ1) is 17.9. The maximum Gasteiger partial charge on any atom is 0.387 e. The van der Waals surface area contributed by atoms with Crippen LogP contribution in [0, 0.1) is 0 Å². The number of amides is 2. The van der Waals surface area contributed by atoms with Gasteiger partial charge in [-0.25, -0.2) is 5.01 Å². The summed E-state index contributed by atoms with van der Waals surface area (Å²) in [7, 11) is 1.37. The first-order valence-corrected chi connectivity index (χ1v) is 12.3. The number of carbonyl (C=O) groups excluding carboxylic acids is 2. The molecule has 1 unspecified atom stereocenters. The Morgan fingerprint density at radius 3 is 2.49 bits per heavy atom. The van der Waals surface area contributed by atoms with Gasteiger partial charge in [-0.3, -0.25) is 14.6 Å². The van der Waals surface area contributed by atoms with E-state index in [4.69, 9.17) is 4.74 Å². The Bertz CT molecular complexity index is 1290. The van der Waals surface area contributed by atoms with Crippen LogP contribution in [0.25, 0.3) is 0 Å². The molecule has 1 atom stereocenters. The van der Waals surface area contributed by atoms with Crippen LogP contribution in [0.4, 0.5) is 19.3 Å². The van der Waals surface area contributed by atoms with Crippen molar-refractivity contribution in [1.82, 2.24) is 9.99 Å². The highest BCUT2D eigenvalue weighted by atomic mass is 32.2. The second-order valence-corrected chi connectivity index (χ2v) is 9.11. The van der Waals surface area contributed by atoms with E-state index in [1.165, 1.54) is 18.2 Å². The van der Waals surface area contributed by atoms with Gasteiger partial charge >= 0.3 is 11.9 Å². The summed E-state index contributed by atoms with van der Waals surface area (Å²) in [6.45, 7) is -0.816. The van der Waals surface area contributed by atoms with Crippen molar-refractivity contribution in [2.75, 3.05) is 12.4 Å². The van der Waals surface area contributed by atoms with Gasteiger partial charge in [0.05, 0.1) is 24.6 Å². The number of nitrogens with one attached hydrogen (secondary N) is 1. The van der Waals surface area contributed by atoms with Gasteiger partial charge in [0.15, 0.2) is 11.5 Å². The number of hydrogen-bond acceptors (Lipinski definition) is 7. The van der Waals surface area contributed by atoms with Crippen LogP contribution in [0.2, 0.25) is 0 Å². The maximum atomic E-state index is 12.8. The highest BCUT2D eigenvalue weighted by molar-refractivity contribution is 8.14. The Kier molecular flexibility index (Phi) is 8.34. The van der Waals surface area contributed by atoms with E-state index in [0.717, 1.165) is 17.3 Å². The zero-order valence-electron chi connectivity index (χ0n) is 20.1. The number of thioether (sulfide) groups is 1. The molecule has 3 aromatic rings. The molecule has 0 aliphatic carbocycles. The molecule has 1 aliphatic rings. The second-order valence-electron chi connectivity index (χ2n) is 7.95. The lowest BCUT2D eigenvalue weighted by Gasteiger charge is -2.28. The third-order valence-electron chi connectivity index (χ3n) is 5.52. The van der Waals surface area contributed by atoms with Crippen molar-refractivity contribution in [2.45, 2.75) is 31.8 Å². The molecule has 0 saturated carbocycles. The van der Waals surface area contributed by atoms with Crippen molar-refractivity contribution in [1.29, 1.82) is 0 Å². The molecule has 0 spiro atoms. The van der Waals surface area contributed by atoms with Gasteiger partial charge in [-0.05, 0) is 54.4 Å². The number of hydrogen-bond donors (Lipinski definition) is 1. The maximum absolute atomic E-state index is 12.8. The summed E-state index contributed by atoms with van der Waals surface area (Å²) in [5.74, 6) is -0.186. The molecule has 11 heteroatoms. The monoisotopic (exact) mass is 526 g/mol. The predicted octanol–water partition coefficient (Wildman–Crippen LogP) is 5.80. The fraction of sp³-hybridized carbons (Fsp3) is 0.231. The summed E-state index contributed by atoms with van der Waals surface area (Å²) in [6.07, 6.45) is 3.74. The Morgan fingerprint density at radius 1 is 1.11 bits per heavy atom. The van der Waals surface area contributed by atoms with Crippen LogP contribution in [0.3, 0.4) is 0 Å². The van der Waals surface area contributed by atoms with Crippen molar-refractivity contribution in [3.05, 3.63) is 83.7 Å². The number of alkyl halides is 2.